The summed E-state index contributed by atoms with van der Waals surface area (Å²) >= 11 is 6.21. The van der Waals surface area contributed by atoms with Crippen molar-refractivity contribution in [1.82, 2.24) is 10.2 Å². The minimum atomic E-state index is -0.0360. The molecule has 2 atom stereocenters. The Balaban J connectivity index is 2.03. The van der Waals surface area contributed by atoms with Crippen LogP contribution in [-0.2, 0) is 11.3 Å². The Morgan fingerprint density at radius 3 is 2.81 bits per heavy atom. The van der Waals surface area contributed by atoms with Gasteiger partial charge in [-0.05, 0) is 43.9 Å². The number of hydrogen-bond acceptors (Lipinski definition) is 2. The third kappa shape index (κ3) is 4.21. The Bertz CT molecular complexity index is 478. The van der Waals surface area contributed by atoms with Gasteiger partial charge in [0.1, 0.15) is 0 Å². The number of carbonyl (C=O) groups excluding carboxylic acids is 1. The van der Waals surface area contributed by atoms with E-state index in [4.69, 9.17) is 11.6 Å². The summed E-state index contributed by atoms with van der Waals surface area (Å²) in [4.78, 5) is 14.6. The molecule has 21 heavy (non-hydrogen) atoms. The summed E-state index contributed by atoms with van der Waals surface area (Å²) in [6.07, 6.45) is 3.29. The lowest BCUT2D eigenvalue weighted by molar-refractivity contribution is -0.134. The SMILES string of the molecule is CCC1CCNC(C(=O)N(CC)Cc2ccccc2Cl)C1. The number of halogens is 1. The first-order chi connectivity index (χ1) is 10.2. The van der Waals surface area contributed by atoms with E-state index >= 15 is 0 Å². The molecule has 1 N–H and O–H groups in total. The summed E-state index contributed by atoms with van der Waals surface area (Å²) in [6.45, 7) is 6.47. The van der Waals surface area contributed by atoms with Gasteiger partial charge in [-0.3, -0.25) is 4.79 Å². The van der Waals surface area contributed by atoms with Gasteiger partial charge in [0.25, 0.3) is 0 Å². The Labute approximate surface area is 132 Å². The van der Waals surface area contributed by atoms with Crippen LogP contribution in [0.3, 0.4) is 0 Å². The first-order valence-corrected chi connectivity index (χ1v) is 8.29. The molecular weight excluding hydrogens is 284 g/mol. The third-order valence-corrected chi connectivity index (χ3v) is 4.77. The number of carbonyl (C=O) groups is 1. The molecule has 1 saturated heterocycles. The highest BCUT2D eigenvalue weighted by Gasteiger charge is 2.29. The molecular formula is C17H25ClN2O. The van der Waals surface area contributed by atoms with Crippen LogP contribution < -0.4 is 5.32 Å². The van der Waals surface area contributed by atoms with Crippen molar-refractivity contribution in [2.24, 2.45) is 5.92 Å². The number of likely N-dealkylation sites (N-methyl/N-ethyl adjacent to an activating group) is 1. The molecule has 0 aromatic heterocycles. The maximum atomic E-state index is 12.7. The van der Waals surface area contributed by atoms with Crippen molar-refractivity contribution in [3.05, 3.63) is 34.9 Å². The first kappa shape index (κ1) is 16.3. The van der Waals surface area contributed by atoms with E-state index in [-0.39, 0.29) is 11.9 Å². The number of nitrogens with one attached hydrogen (secondary N) is 1. The van der Waals surface area contributed by atoms with Crippen LogP contribution in [0.25, 0.3) is 0 Å². The fourth-order valence-corrected chi connectivity index (χ4v) is 3.15. The van der Waals surface area contributed by atoms with Crippen LogP contribution in [-0.4, -0.2) is 29.9 Å². The van der Waals surface area contributed by atoms with Gasteiger partial charge < -0.3 is 10.2 Å². The minimum absolute atomic E-state index is 0.0360. The Morgan fingerprint density at radius 1 is 1.38 bits per heavy atom. The zero-order valence-electron chi connectivity index (χ0n) is 12.9. The van der Waals surface area contributed by atoms with Crippen LogP contribution in [0.2, 0.25) is 5.02 Å². The summed E-state index contributed by atoms with van der Waals surface area (Å²) < 4.78 is 0. The van der Waals surface area contributed by atoms with E-state index in [2.05, 4.69) is 12.2 Å². The third-order valence-electron chi connectivity index (χ3n) is 4.40. The fraction of sp³-hybridized carbons (Fsp3) is 0.588. The maximum Gasteiger partial charge on any atom is 0.240 e. The molecule has 0 spiro atoms. The monoisotopic (exact) mass is 308 g/mol. The molecule has 0 aliphatic carbocycles. The van der Waals surface area contributed by atoms with Gasteiger partial charge in [-0.25, -0.2) is 0 Å². The topological polar surface area (TPSA) is 32.3 Å². The summed E-state index contributed by atoms with van der Waals surface area (Å²) in [6, 6.07) is 7.71. The molecule has 1 aromatic rings. The van der Waals surface area contributed by atoms with Crippen molar-refractivity contribution in [3.63, 3.8) is 0 Å². The van der Waals surface area contributed by atoms with Crippen molar-refractivity contribution >= 4 is 17.5 Å². The van der Waals surface area contributed by atoms with Crippen molar-refractivity contribution in [3.8, 4) is 0 Å². The Morgan fingerprint density at radius 2 is 2.14 bits per heavy atom. The molecule has 0 bridgehead atoms. The molecule has 2 unspecified atom stereocenters. The van der Waals surface area contributed by atoms with Crippen LogP contribution in [0.15, 0.2) is 24.3 Å². The number of nitrogens with zero attached hydrogens (tertiary/aromatic N) is 1. The average Bonchev–Trinajstić information content (AvgIpc) is 2.53. The van der Waals surface area contributed by atoms with Crippen LogP contribution in [0, 0.1) is 5.92 Å². The number of amides is 1. The largest absolute Gasteiger partial charge is 0.337 e. The molecule has 116 valence electrons. The molecule has 1 fully saturated rings. The highest BCUT2D eigenvalue weighted by atomic mass is 35.5. The average molecular weight is 309 g/mol. The smallest absolute Gasteiger partial charge is 0.240 e. The lowest BCUT2D eigenvalue weighted by atomic mass is 9.90. The molecule has 0 radical (unpaired) electrons. The molecule has 2 rings (SSSR count). The fourth-order valence-electron chi connectivity index (χ4n) is 2.95. The highest BCUT2D eigenvalue weighted by Crippen LogP contribution is 2.22. The zero-order chi connectivity index (χ0) is 15.2. The second kappa shape index (κ2) is 7.81. The van der Waals surface area contributed by atoms with Gasteiger partial charge in [-0.15, -0.1) is 0 Å². The molecule has 4 heteroatoms. The van der Waals surface area contributed by atoms with Gasteiger partial charge in [0.05, 0.1) is 6.04 Å². The van der Waals surface area contributed by atoms with E-state index in [0.717, 1.165) is 30.0 Å². The van der Waals surface area contributed by atoms with Crippen molar-refractivity contribution in [1.29, 1.82) is 0 Å². The molecule has 1 aromatic carbocycles. The van der Waals surface area contributed by atoms with Crippen LogP contribution >= 0.6 is 11.6 Å². The van der Waals surface area contributed by atoms with Crippen molar-refractivity contribution in [2.75, 3.05) is 13.1 Å². The predicted octanol–water partition coefficient (Wildman–Crippen LogP) is 3.47. The van der Waals surface area contributed by atoms with E-state index in [9.17, 15) is 4.79 Å². The molecule has 1 heterocycles. The minimum Gasteiger partial charge on any atom is -0.337 e. The Kier molecular flexibility index (Phi) is 6.07. The summed E-state index contributed by atoms with van der Waals surface area (Å²) in [5.41, 5.74) is 1.01. The quantitative estimate of drug-likeness (QED) is 0.903. The van der Waals surface area contributed by atoms with Gasteiger partial charge in [0, 0.05) is 18.1 Å². The zero-order valence-corrected chi connectivity index (χ0v) is 13.7. The van der Waals surface area contributed by atoms with Crippen LogP contribution in [0.4, 0.5) is 0 Å². The van der Waals surface area contributed by atoms with Gasteiger partial charge >= 0.3 is 0 Å². The second-order valence-corrected chi connectivity index (χ2v) is 6.16. The maximum absolute atomic E-state index is 12.7. The summed E-state index contributed by atoms with van der Waals surface area (Å²) in [5.74, 6) is 0.870. The lowest BCUT2D eigenvalue weighted by Gasteiger charge is -2.33. The van der Waals surface area contributed by atoms with Gasteiger partial charge in [-0.2, -0.15) is 0 Å². The van der Waals surface area contributed by atoms with Gasteiger partial charge in [0.2, 0.25) is 5.91 Å². The lowest BCUT2D eigenvalue weighted by Crippen LogP contribution is -2.50. The highest BCUT2D eigenvalue weighted by molar-refractivity contribution is 6.31. The van der Waals surface area contributed by atoms with E-state index in [1.165, 1.54) is 6.42 Å². The first-order valence-electron chi connectivity index (χ1n) is 7.91. The van der Waals surface area contributed by atoms with Crippen LogP contribution in [0.5, 0.6) is 0 Å². The number of benzene rings is 1. The number of hydrogen-bond donors (Lipinski definition) is 1. The van der Waals surface area contributed by atoms with E-state index in [0.29, 0.717) is 19.0 Å². The molecule has 3 nitrogen and oxygen atoms in total. The van der Waals surface area contributed by atoms with Gasteiger partial charge in [0.15, 0.2) is 0 Å². The Hall–Kier alpha value is -1.06. The molecule has 1 aliphatic rings. The van der Waals surface area contributed by atoms with E-state index < -0.39 is 0 Å². The normalized spacial score (nSPS) is 22.0. The second-order valence-electron chi connectivity index (χ2n) is 5.75. The van der Waals surface area contributed by atoms with E-state index in [1.54, 1.807) is 0 Å². The standard InChI is InChI=1S/C17H25ClN2O/c1-3-13-9-10-19-16(11-13)17(21)20(4-2)12-14-7-5-6-8-15(14)18/h5-8,13,16,19H,3-4,9-12H2,1-2H3. The van der Waals surface area contributed by atoms with Crippen molar-refractivity contribution < 1.29 is 4.79 Å². The summed E-state index contributed by atoms with van der Waals surface area (Å²) in [7, 11) is 0. The number of piperidine rings is 1. The van der Waals surface area contributed by atoms with Crippen molar-refractivity contribution in [2.45, 2.75) is 45.7 Å². The summed E-state index contributed by atoms with van der Waals surface area (Å²) in [5, 5.41) is 4.10. The predicted molar refractivity (Wildman–Crippen MR) is 87.3 cm³/mol. The number of rotatable bonds is 5. The molecule has 1 amide bonds. The van der Waals surface area contributed by atoms with Gasteiger partial charge in [-0.1, -0.05) is 43.1 Å². The molecule has 0 saturated carbocycles. The van der Waals surface area contributed by atoms with Crippen LogP contribution in [0.1, 0.15) is 38.7 Å². The van der Waals surface area contributed by atoms with E-state index in [1.807, 2.05) is 36.1 Å². The molecule has 1 aliphatic heterocycles.